The van der Waals surface area contributed by atoms with Gasteiger partial charge in [0.15, 0.2) is 0 Å². The molecule has 1 atom stereocenters. The van der Waals surface area contributed by atoms with Crippen LogP contribution in [0.25, 0.3) is 0 Å². The topological polar surface area (TPSA) is 128 Å². The smallest absolute Gasteiger partial charge is 0.269 e. The largest absolute Gasteiger partial charge is 0.369 e. The second kappa shape index (κ2) is 5.85. The minimum absolute atomic E-state index is 0.0182. The van der Waals surface area contributed by atoms with Gasteiger partial charge in [-0.1, -0.05) is 0 Å². The van der Waals surface area contributed by atoms with Crippen LogP contribution in [0.4, 0.5) is 11.4 Å². The summed E-state index contributed by atoms with van der Waals surface area (Å²) in [5.74, 6) is 4.96. The molecule has 1 aromatic rings. The van der Waals surface area contributed by atoms with Gasteiger partial charge in [0.05, 0.1) is 16.5 Å². The summed E-state index contributed by atoms with van der Waals surface area (Å²) >= 11 is 0. The molecule has 2 rings (SSSR count). The van der Waals surface area contributed by atoms with Crippen LogP contribution in [-0.2, 0) is 11.3 Å². The van der Waals surface area contributed by atoms with Crippen molar-refractivity contribution in [3.05, 3.63) is 33.9 Å². The lowest BCUT2D eigenvalue weighted by atomic mass is 10.1. The Morgan fingerprint density at radius 3 is 2.85 bits per heavy atom. The summed E-state index contributed by atoms with van der Waals surface area (Å²) in [5.41, 5.74) is 9.20. The first-order valence-corrected chi connectivity index (χ1v) is 6.27. The Morgan fingerprint density at radius 1 is 1.55 bits per heavy atom. The van der Waals surface area contributed by atoms with E-state index in [1.54, 1.807) is 6.07 Å². The van der Waals surface area contributed by atoms with Crippen LogP contribution in [0.3, 0.4) is 0 Å². The van der Waals surface area contributed by atoms with Crippen molar-refractivity contribution in [2.75, 3.05) is 18.5 Å². The van der Waals surface area contributed by atoms with Crippen LogP contribution in [0.5, 0.6) is 0 Å². The number of carbonyl (C=O) groups is 1. The van der Waals surface area contributed by atoms with Gasteiger partial charge in [0.2, 0.25) is 5.91 Å². The van der Waals surface area contributed by atoms with Crippen LogP contribution in [-0.4, -0.2) is 28.8 Å². The molecule has 0 spiro atoms. The number of primary amides is 1. The van der Waals surface area contributed by atoms with Crippen molar-refractivity contribution < 1.29 is 9.72 Å². The zero-order valence-corrected chi connectivity index (χ0v) is 10.9. The minimum Gasteiger partial charge on any atom is -0.369 e. The molecule has 0 aliphatic carbocycles. The maximum absolute atomic E-state index is 11.1. The Labute approximate surface area is 115 Å². The van der Waals surface area contributed by atoms with E-state index >= 15 is 0 Å². The Bertz CT molecular complexity index is 534. The molecule has 1 aliphatic heterocycles. The molecule has 1 fully saturated rings. The van der Waals surface area contributed by atoms with Gasteiger partial charge in [-0.3, -0.25) is 25.7 Å². The number of nitrogens with two attached hydrogens (primary N) is 2. The normalized spacial score (nSPS) is 18.9. The molecule has 1 aromatic carbocycles. The van der Waals surface area contributed by atoms with Gasteiger partial charge in [0.1, 0.15) is 0 Å². The van der Waals surface area contributed by atoms with Crippen molar-refractivity contribution in [3.8, 4) is 0 Å². The molecular weight excluding hydrogens is 262 g/mol. The number of nitrogens with one attached hydrogen (secondary N) is 1. The van der Waals surface area contributed by atoms with Gasteiger partial charge in [-0.25, -0.2) is 0 Å². The molecular formula is C12H17N5O3. The third kappa shape index (κ3) is 3.03. The van der Waals surface area contributed by atoms with E-state index in [-0.39, 0.29) is 17.5 Å². The molecule has 5 N–H and O–H groups in total. The standard InChI is InChI=1S/C12H17N5O3/c13-12(18)8-3-4-16(6-8)7-9-5-10(17(19)20)1-2-11(9)15-14/h1-2,5,8,15H,3-4,6-7,14H2,(H2,13,18). The van der Waals surface area contributed by atoms with Crippen LogP contribution in [0, 0.1) is 16.0 Å². The van der Waals surface area contributed by atoms with Crippen LogP contribution < -0.4 is 17.0 Å². The summed E-state index contributed by atoms with van der Waals surface area (Å²) < 4.78 is 0. The highest BCUT2D eigenvalue weighted by molar-refractivity contribution is 5.77. The Morgan fingerprint density at radius 2 is 2.30 bits per heavy atom. The van der Waals surface area contributed by atoms with Gasteiger partial charge in [0.25, 0.3) is 5.69 Å². The van der Waals surface area contributed by atoms with E-state index in [1.807, 2.05) is 4.90 Å². The quantitative estimate of drug-likeness (QED) is 0.401. The fraction of sp³-hybridized carbons (Fsp3) is 0.417. The average molecular weight is 279 g/mol. The highest BCUT2D eigenvalue weighted by atomic mass is 16.6. The predicted octanol–water partition coefficient (Wildman–Crippen LogP) is 0.188. The first-order chi connectivity index (χ1) is 9.51. The molecule has 8 heteroatoms. The zero-order valence-electron chi connectivity index (χ0n) is 10.9. The van der Waals surface area contributed by atoms with E-state index in [1.165, 1.54) is 12.1 Å². The van der Waals surface area contributed by atoms with E-state index in [0.29, 0.717) is 18.8 Å². The number of likely N-dealkylation sites (tertiary alicyclic amines) is 1. The number of non-ortho nitro benzene ring substituents is 1. The summed E-state index contributed by atoms with van der Waals surface area (Å²) in [4.78, 5) is 23.5. The number of nitro groups is 1. The fourth-order valence-corrected chi connectivity index (χ4v) is 2.41. The lowest BCUT2D eigenvalue weighted by Gasteiger charge is -2.17. The molecule has 1 heterocycles. The summed E-state index contributed by atoms with van der Waals surface area (Å²) in [6, 6.07) is 4.47. The van der Waals surface area contributed by atoms with Gasteiger partial charge in [-0.15, -0.1) is 0 Å². The number of hydrazine groups is 1. The molecule has 1 amide bonds. The van der Waals surface area contributed by atoms with Crippen molar-refractivity contribution in [3.63, 3.8) is 0 Å². The SMILES string of the molecule is NNc1ccc([N+](=O)[O-])cc1CN1CCC(C(N)=O)C1. The van der Waals surface area contributed by atoms with Crippen molar-refractivity contribution in [2.45, 2.75) is 13.0 Å². The Hall–Kier alpha value is -2.19. The lowest BCUT2D eigenvalue weighted by molar-refractivity contribution is -0.384. The summed E-state index contributed by atoms with van der Waals surface area (Å²) in [6.07, 6.45) is 0.718. The minimum atomic E-state index is -0.444. The highest BCUT2D eigenvalue weighted by Gasteiger charge is 2.27. The van der Waals surface area contributed by atoms with Gasteiger partial charge in [-0.2, -0.15) is 0 Å². The van der Waals surface area contributed by atoms with Crippen LogP contribution in [0.15, 0.2) is 18.2 Å². The van der Waals surface area contributed by atoms with E-state index in [2.05, 4.69) is 5.43 Å². The second-order valence-electron chi connectivity index (χ2n) is 4.87. The molecule has 0 aromatic heterocycles. The van der Waals surface area contributed by atoms with Crippen LogP contribution in [0.2, 0.25) is 0 Å². The van der Waals surface area contributed by atoms with E-state index in [0.717, 1.165) is 18.5 Å². The lowest BCUT2D eigenvalue weighted by Crippen LogP contribution is -2.27. The van der Waals surface area contributed by atoms with Crippen molar-refractivity contribution in [1.82, 2.24) is 4.90 Å². The number of nitro benzene ring substituents is 1. The fourth-order valence-electron chi connectivity index (χ4n) is 2.41. The monoisotopic (exact) mass is 279 g/mol. The summed E-state index contributed by atoms with van der Waals surface area (Å²) in [5, 5.41) is 10.8. The van der Waals surface area contributed by atoms with Crippen molar-refractivity contribution in [2.24, 2.45) is 17.5 Å². The predicted molar refractivity (Wildman–Crippen MR) is 73.5 cm³/mol. The number of amides is 1. The zero-order chi connectivity index (χ0) is 14.7. The first-order valence-electron chi connectivity index (χ1n) is 6.27. The van der Waals surface area contributed by atoms with Gasteiger partial charge < -0.3 is 11.2 Å². The number of anilines is 1. The second-order valence-corrected chi connectivity index (χ2v) is 4.87. The Kier molecular flexibility index (Phi) is 4.16. The van der Waals surface area contributed by atoms with Crippen molar-refractivity contribution in [1.29, 1.82) is 0 Å². The molecule has 20 heavy (non-hydrogen) atoms. The van der Waals surface area contributed by atoms with Gasteiger partial charge in [-0.05, 0) is 24.6 Å². The molecule has 8 nitrogen and oxygen atoms in total. The Balaban J connectivity index is 2.14. The summed E-state index contributed by atoms with van der Waals surface area (Å²) in [7, 11) is 0. The number of hydrogen-bond donors (Lipinski definition) is 3. The molecule has 0 radical (unpaired) electrons. The molecule has 1 unspecified atom stereocenters. The molecule has 0 saturated carbocycles. The number of rotatable bonds is 5. The molecule has 108 valence electrons. The highest BCUT2D eigenvalue weighted by Crippen LogP contribution is 2.25. The summed E-state index contributed by atoms with van der Waals surface area (Å²) in [6.45, 7) is 1.80. The maximum atomic E-state index is 11.1. The average Bonchev–Trinajstić information content (AvgIpc) is 2.87. The number of carbonyl (C=O) groups excluding carboxylic acids is 1. The van der Waals surface area contributed by atoms with E-state index in [9.17, 15) is 14.9 Å². The third-order valence-corrected chi connectivity index (χ3v) is 3.52. The molecule has 1 aliphatic rings. The number of nitrogens with zero attached hydrogens (tertiary/aromatic N) is 2. The molecule has 1 saturated heterocycles. The van der Waals surface area contributed by atoms with E-state index in [4.69, 9.17) is 11.6 Å². The third-order valence-electron chi connectivity index (χ3n) is 3.52. The van der Waals surface area contributed by atoms with Gasteiger partial charge >= 0.3 is 0 Å². The van der Waals surface area contributed by atoms with Crippen LogP contribution in [0.1, 0.15) is 12.0 Å². The number of benzene rings is 1. The van der Waals surface area contributed by atoms with Gasteiger partial charge in [0, 0.05) is 25.2 Å². The van der Waals surface area contributed by atoms with Crippen LogP contribution >= 0.6 is 0 Å². The number of nitrogen functional groups attached to an aromatic ring is 1. The van der Waals surface area contributed by atoms with Crippen molar-refractivity contribution >= 4 is 17.3 Å². The first kappa shape index (κ1) is 14.2. The van der Waals surface area contributed by atoms with E-state index < -0.39 is 4.92 Å². The number of hydrogen-bond acceptors (Lipinski definition) is 6. The molecule has 0 bridgehead atoms. The maximum Gasteiger partial charge on any atom is 0.269 e.